The monoisotopic (exact) mass is 470 g/mol. The predicted octanol–water partition coefficient (Wildman–Crippen LogP) is 5.42. The van der Waals surface area contributed by atoms with Crippen LogP contribution in [-0.2, 0) is 16.1 Å². The number of benzene rings is 2. The van der Waals surface area contributed by atoms with E-state index in [9.17, 15) is 9.59 Å². The average Bonchev–Trinajstić information content (AvgIpc) is 2.78. The number of carbonyl (C=O) groups is 2. The summed E-state index contributed by atoms with van der Waals surface area (Å²) in [7, 11) is 1.84. The van der Waals surface area contributed by atoms with E-state index in [-0.39, 0.29) is 11.8 Å². The molecule has 1 atom stereocenters. The zero-order chi connectivity index (χ0) is 24.1. The smallest absolute Gasteiger partial charge is 0.227 e. The van der Waals surface area contributed by atoms with Crippen LogP contribution in [0, 0.1) is 10.8 Å². The summed E-state index contributed by atoms with van der Waals surface area (Å²) in [5.74, 6) is 0.884. The minimum absolute atomic E-state index is 0.0589. The second-order valence-electron chi connectivity index (χ2n) is 10.2. The van der Waals surface area contributed by atoms with Gasteiger partial charge in [-0.2, -0.15) is 0 Å². The standard InChI is InChI=1S/C27H35ClN2O3/c1-26(2,3)25(32)30-16-8-15-27(19-30,20-33-23-13-11-22(28)12-14-23)17-24(31)29(4)18-21-9-6-5-7-10-21/h5-7,9-14H,8,15-20H2,1-4H3/t27-/m0/s1. The van der Waals surface area contributed by atoms with Crippen molar-refractivity contribution in [2.24, 2.45) is 10.8 Å². The van der Waals surface area contributed by atoms with Crippen LogP contribution in [0.2, 0.25) is 5.02 Å². The molecule has 0 aromatic heterocycles. The highest BCUT2D eigenvalue weighted by molar-refractivity contribution is 6.30. The van der Waals surface area contributed by atoms with Gasteiger partial charge in [-0.1, -0.05) is 62.7 Å². The number of amides is 2. The molecule has 0 saturated carbocycles. The molecule has 2 amide bonds. The highest BCUT2D eigenvalue weighted by Gasteiger charge is 2.42. The van der Waals surface area contributed by atoms with Gasteiger partial charge in [-0.15, -0.1) is 0 Å². The van der Waals surface area contributed by atoms with E-state index < -0.39 is 10.8 Å². The minimum Gasteiger partial charge on any atom is -0.493 e. The number of hydrogen-bond donors (Lipinski definition) is 0. The number of rotatable bonds is 7. The first kappa shape index (κ1) is 25.1. The molecule has 33 heavy (non-hydrogen) atoms. The van der Waals surface area contributed by atoms with Gasteiger partial charge in [-0.3, -0.25) is 9.59 Å². The maximum absolute atomic E-state index is 13.3. The van der Waals surface area contributed by atoms with E-state index in [4.69, 9.17) is 16.3 Å². The summed E-state index contributed by atoms with van der Waals surface area (Å²) in [6, 6.07) is 17.2. The molecule has 0 unspecified atom stereocenters. The molecule has 2 aromatic rings. The van der Waals surface area contributed by atoms with Crippen molar-refractivity contribution in [3.05, 3.63) is 65.2 Å². The van der Waals surface area contributed by atoms with E-state index in [0.29, 0.717) is 43.4 Å². The predicted molar refractivity (Wildman–Crippen MR) is 132 cm³/mol. The SMILES string of the molecule is CN(Cc1ccccc1)C(=O)C[C@@]1(COc2ccc(Cl)cc2)CCCN(C(=O)C(C)(C)C)C1. The second-order valence-corrected chi connectivity index (χ2v) is 10.7. The second kappa shape index (κ2) is 10.6. The Kier molecular flexibility index (Phi) is 8.06. The normalized spacial score (nSPS) is 18.6. The van der Waals surface area contributed by atoms with Crippen LogP contribution in [0.4, 0.5) is 0 Å². The van der Waals surface area contributed by atoms with Crippen molar-refractivity contribution in [1.82, 2.24) is 9.80 Å². The van der Waals surface area contributed by atoms with Crippen LogP contribution >= 0.6 is 11.6 Å². The fourth-order valence-electron chi connectivity index (χ4n) is 4.34. The van der Waals surface area contributed by atoms with E-state index in [0.717, 1.165) is 18.4 Å². The number of piperidine rings is 1. The average molecular weight is 471 g/mol. The molecule has 1 aliphatic rings. The summed E-state index contributed by atoms with van der Waals surface area (Å²) < 4.78 is 6.15. The van der Waals surface area contributed by atoms with Crippen LogP contribution in [0.5, 0.6) is 5.75 Å². The molecular formula is C27H35ClN2O3. The maximum Gasteiger partial charge on any atom is 0.227 e. The Bertz CT molecular complexity index is 940. The molecule has 5 nitrogen and oxygen atoms in total. The van der Waals surface area contributed by atoms with Gasteiger partial charge in [-0.05, 0) is 42.7 Å². The summed E-state index contributed by atoms with van der Waals surface area (Å²) >= 11 is 6.00. The van der Waals surface area contributed by atoms with Crippen LogP contribution in [0.15, 0.2) is 54.6 Å². The molecule has 1 aliphatic heterocycles. The summed E-state index contributed by atoms with van der Waals surface area (Å²) in [5, 5.41) is 0.648. The molecule has 0 radical (unpaired) electrons. The van der Waals surface area contributed by atoms with Crippen molar-refractivity contribution in [2.45, 2.75) is 46.6 Å². The zero-order valence-corrected chi connectivity index (χ0v) is 20.9. The Labute approximate surface area is 202 Å². The third-order valence-electron chi connectivity index (χ3n) is 6.16. The first-order valence-electron chi connectivity index (χ1n) is 11.5. The van der Waals surface area contributed by atoms with Crippen LogP contribution in [-0.4, -0.2) is 48.4 Å². The van der Waals surface area contributed by atoms with Crippen molar-refractivity contribution < 1.29 is 14.3 Å². The number of likely N-dealkylation sites (tertiary alicyclic amines) is 1. The summed E-state index contributed by atoms with van der Waals surface area (Å²) in [4.78, 5) is 30.0. The minimum atomic E-state index is -0.464. The third kappa shape index (κ3) is 6.97. The third-order valence-corrected chi connectivity index (χ3v) is 6.42. The number of nitrogens with zero attached hydrogens (tertiary/aromatic N) is 2. The van der Waals surface area contributed by atoms with E-state index in [1.165, 1.54) is 0 Å². The molecule has 2 aromatic carbocycles. The van der Waals surface area contributed by atoms with Crippen molar-refractivity contribution in [2.75, 3.05) is 26.7 Å². The van der Waals surface area contributed by atoms with Gasteiger partial charge in [0.1, 0.15) is 5.75 Å². The molecule has 0 bridgehead atoms. The van der Waals surface area contributed by atoms with Gasteiger partial charge in [0.25, 0.3) is 0 Å². The molecular weight excluding hydrogens is 436 g/mol. The molecule has 0 aliphatic carbocycles. The molecule has 1 heterocycles. The lowest BCUT2D eigenvalue weighted by Crippen LogP contribution is -2.53. The van der Waals surface area contributed by atoms with Gasteiger partial charge in [0.05, 0.1) is 6.61 Å². The largest absolute Gasteiger partial charge is 0.493 e. The summed E-state index contributed by atoms with van der Waals surface area (Å²) in [6.07, 6.45) is 2.01. The van der Waals surface area contributed by atoms with Gasteiger partial charge in [0.2, 0.25) is 11.8 Å². The highest BCUT2D eigenvalue weighted by Crippen LogP contribution is 2.37. The lowest BCUT2D eigenvalue weighted by atomic mass is 9.76. The summed E-state index contributed by atoms with van der Waals surface area (Å²) in [6.45, 7) is 7.97. The molecule has 1 saturated heterocycles. The molecule has 3 rings (SSSR count). The molecule has 178 valence electrons. The Hall–Kier alpha value is -2.53. The lowest BCUT2D eigenvalue weighted by Gasteiger charge is -2.44. The molecule has 0 spiro atoms. The topological polar surface area (TPSA) is 49.9 Å². The number of ether oxygens (including phenoxy) is 1. The van der Waals surface area contributed by atoms with Crippen molar-refractivity contribution in [1.29, 1.82) is 0 Å². The number of hydrogen-bond acceptors (Lipinski definition) is 3. The fraction of sp³-hybridized carbons (Fsp3) is 0.481. The van der Waals surface area contributed by atoms with Gasteiger partial charge in [0.15, 0.2) is 0 Å². The van der Waals surface area contributed by atoms with Crippen LogP contribution in [0.25, 0.3) is 0 Å². The van der Waals surface area contributed by atoms with Crippen molar-refractivity contribution >= 4 is 23.4 Å². The van der Waals surface area contributed by atoms with E-state index in [1.807, 2.05) is 75.2 Å². The van der Waals surface area contributed by atoms with Gasteiger partial charge in [-0.25, -0.2) is 0 Å². The number of halogens is 1. The van der Waals surface area contributed by atoms with E-state index >= 15 is 0 Å². The van der Waals surface area contributed by atoms with Crippen molar-refractivity contribution in [3.8, 4) is 5.75 Å². The quantitative estimate of drug-likeness (QED) is 0.542. The first-order chi connectivity index (χ1) is 15.6. The highest BCUT2D eigenvalue weighted by atomic mass is 35.5. The Morgan fingerprint density at radius 3 is 2.39 bits per heavy atom. The Morgan fingerprint density at radius 2 is 1.76 bits per heavy atom. The summed E-state index contributed by atoms with van der Waals surface area (Å²) in [5.41, 5.74) is 0.183. The van der Waals surface area contributed by atoms with Crippen molar-refractivity contribution in [3.63, 3.8) is 0 Å². The Balaban J connectivity index is 1.77. The van der Waals surface area contributed by atoms with Gasteiger partial charge in [0, 0.05) is 49.0 Å². The first-order valence-corrected chi connectivity index (χ1v) is 11.9. The number of carbonyl (C=O) groups excluding carboxylic acids is 2. The zero-order valence-electron chi connectivity index (χ0n) is 20.1. The lowest BCUT2D eigenvalue weighted by molar-refractivity contribution is -0.146. The molecule has 6 heteroatoms. The van der Waals surface area contributed by atoms with E-state index in [1.54, 1.807) is 17.0 Å². The maximum atomic E-state index is 13.3. The van der Waals surface area contributed by atoms with Crippen LogP contribution < -0.4 is 4.74 Å². The fourth-order valence-corrected chi connectivity index (χ4v) is 4.46. The van der Waals surface area contributed by atoms with Crippen LogP contribution in [0.1, 0.15) is 45.6 Å². The van der Waals surface area contributed by atoms with Gasteiger partial charge < -0.3 is 14.5 Å². The van der Waals surface area contributed by atoms with E-state index in [2.05, 4.69) is 0 Å². The molecule has 0 N–H and O–H groups in total. The molecule has 1 fully saturated rings. The Morgan fingerprint density at radius 1 is 1.09 bits per heavy atom. The van der Waals surface area contributed by atoms with Crippen LogP contribution in [0.3, 0.4) is 0 Å². The van der Waals surface area contributed by atoms with Gasteiger partial charge >= 0.3 is 0 Å².